The third kappa shape index (κ3) is 4.60. The number of methoxy groups -OCH3 is 1. The number of rotatable bonds is 6. The molecule has 0 spiro atoms. The van der Waals surface area contributed by atoms with E-state index < -0.39 is 11.7 Å². The second kappa shape index (κ2) is 8.97. The summed E-state index contributed by atoms with van der Waals surface area (Å²) in [6, 6.07) is 13.2. The molecular formula is C23H21ClO6. The van der Waals surface area contributed by atoms with Crippen LogP contribution in [-0.4, -0.2) is 28.4 Å². The molecule has 0 radical (unpaired) electrons. The summed E-state index contributed by atoms with van der Waals surface area (Å²) in [4.78, 5) is 12.1. The molecule has 0 aliphatic heterocycles. The minimum atomic E-state index is -0.767. The Hall–Kier alpha value is -3.38. The van der Waals surface area contributed by atoms with E-state index in [4.69, 9.17) is 21.1 Å². The summed E-state index contributed by atoms with van der Waals surface area (Å²) < 4.78 is 10.7. The lowest BCUT2D eigenvalue weighted by atomic mass is 9.97. The number of aryl methyl sites for hydroxylation is 2. The van der Waals surface area contributed by atoms with Crippen molar-refractivity contribution in [3.8, 4) is 28.7 Å². The molecular weight excluding hydrogens is 408 g/mol. The summed E-state index contributed by atoms with van der Waals surface area (Å²) >= 11 is 6.20. The first kappa shape index (κ1) is 21.3. The molecule has 0 atom stereocenters. The molecule has 7 heteroatoms. The van der Waals surface area contributed by atoms with E-state index in [1.54, 1.807) is 12.1 Å². The summed E-state index contributed by atoms with van der Waals surface area (Å²) in [6.45, 7) is 1.98. The van der Waals surface area contributed by atoms with E-state index in [1.165, 1.54) is 13.2 Å². The lowest BCUT2D eigenvalue weighted by Crippen LogP contribution is -2.08. The minimum Gasteiger partial charge on any atom is -0.508 e. The molecule has 0 unspecified atom stereocenters. The molecule has 3 rings (SSSR count). The van der Waals surface area contributed by atoms with Crippen LogP contribution >= 0.6 is 11.6 Å². The van der Waals surface area contributed by atoms with Gasteiger partial charge in [-0.15, -0.1) is 0 Å². The Morgan fingerprint density at radius 3 is 2.33 bits per heavy atom. The fourth-order valence-electron chi connectivity index (χ4n) is 3.10. The van der Waals surface area contributed by atoms with Crippen LogP contribution in [0.2, 0.25) is 5.02 Å². The highest BCUT2D eigenvalue weighted by Crippen LogP contribution is 2.38. The van der Waals surface area contributed by atoms with E-state index in [9.17, 15) is 20.1 Å². The number of halogens is 1. The number of esters is 1. The third-order valence-electron chi connectivity index (χ3n) is 4.65. The molecule has 30 heavy (non-hydrogen) atoms. The number of hydrogen-bond acceptors (Lipinski definition) is 6. The predicted molar refractivity (Wildman–Crippen MR) is 113 cm³/mol. The van der Waals surface area contributed by atoms with Crippen molar-refractivity contribution < 1.29 is 29.6 Å². The maximum absolute atomic E-state index is 12.1. The summed E-state index contributed by atoms with van der Waals surface area (Å²) in [7, 11) is 1.19. The Balaban J connectivity index is 1.93. The average molecular weight is 429 g/mol. The molecule has 0 bridgehead atoms. The van der Waals surface area contributed by atoms with Crippen LogP contribution < -0.4 is 4.74 Å². The van der Waals surface area contributed by atoms with Crippen molar-refractivity contribution in [1.82, 2.24) is 0 Å². The third-order valence-corrected chi connectivity index (χ3v) is 5.07. The Labute approximate surface area is 178 Å². The van der Waals surface area contributed by atoms with E-state index in [0.29, 0.717) is 23.5 Å². The minimum absolute atomic E-state index is 0.0469. The summed E-state index contributed by atoms with van der Waals surface area (Å²) in [5.74, 6) is -0.321. The Kier molecular flexibility index (Phi) is 6.37. The van der Waals surface area contributed by atoms with Crippen LogP contribution in [0.4, 0.5) is 0 Å². The quantitative estimate of drug-likeness (QED) is 0.471. The van der Waals surface area contributed by atoms with Crippen LogP contribution in [0.1, 0.15) is 27.0 Å². The van der Waals surface area contributed by atoms with E-state index in [2.05, 4.69) is 0 Å². The van der Waals surface area contributed by atoms with E-state index >= 15 is 0 Å². The van der Waals surface area contributed by atoms with E-state index in [0.717, 1.165) is 11.6 Å². The monoisotopic (exact) mass is 428 g/mol. The highest BCUT2D eigenvalue weighted by atomic mass is 35.5. The van der Waals surface area contributed by atoms with Crippen molar-refractivity contribution in [3.63, 3.8) is 0 Å². The summed E-state index contributed by atoms with van der Waals surface area (Å²) in [5.41, 5.74) is 1.89. The summed E-state index contributed by atoms with van der Waals surface area (Å²) in [5, 5.41) is 30.0. The van der Waals surface area contributed by atoms with Crippen molar-refractivity contribution in [2.45, 2.75) is 19.8 Å². The number of phenolic OH excluding ortho intramolecular Hbond substituents is 3. The average Bonchev–Trinajstić information content (AvgIpc) is 2.72. The van der Waals surface area contributed by atoms with Gasteiger partial charge in [0.2, 0.25) is 0 Å². The molecule has 0 heterocycles. The Morgan fingerprint density at radius 1 is 0.967 bits per heavy atom. The molecule has 6 nitrogen and oxygen atoms in total. The molecule has 3 N–H and O–H groups in total. The number of benzene rings is 3. The van der Waals surface area contributed by atoms with Gasteiger partial charge in [-0.1, -0.05) is 29.3 Å². The van der Waals surface area contributed by atoms with Gasteiger partial charge >= 0.3 is 5.97 Å². The lowest BCUT2D eigenvalue weighted by Gasteiger charge is -2.15. The van der Waals surface area contributed by atoms with E-state index in [-0.39, 0.29) is 34.1 Å². The number of aromatic hydroxyl groups is 3. The van der Waals surface area contributed by atoms with Crippen molar-refractivity contribution >= 4 is 17.6 Å². The first-order chi connectivity index (χ1) is 14.3. The van der Waals surface area contributed by atoms with Crippen LogP contribution in [0.15, 0.2) is 48.5 Å². The van der Waals surface area contributed by atoms with Crippen molar-refractivity contribution in [2.24, 2.45) is 0 Å². The molecule has 0 aliphatic rings. The lowest BCUT2D eigenvalue weighted by molar-refractivity contribution is 0.0596. The number of carbonyl (C=O) groups excluding carboxylic acids is 1. The first-order valence-electron chi connectivity index (χ1n) is 9.18. The number of carbonyl (C=O) groups is 1. The van der Waals surface area contributed by atoms with Gasteiger partial charge in [0.15, 0.2) is 0 Å². The zero-order valence-corrected chi connectivity index (χ0v) is 17.2. The number of phenols is 3. The molecule has 0 aromatic heterocycles. The van der Waals surface area contributed by atoms with Crippen LogP contribution in [0.25, 0.3) is 0 Å². The highest BCUT2D eigenvalue weighted by Gasteiger charge is 2.23. The molecule has 0 saturated heterocycles. The largest absolute Gasteiger partial charge is 0.508 e. The van der Waals surface area contributed by atoms with Gasteiger partial charge in [0.1, 0.15) is 34.3 Å². The molecule has 156 valence electrons. The van der Waals surface area contributed by atoms with Gasteiger partial charge in [0, 0.05) is 6.07 Å². The number of ether oxygens (including phenoxy) is 2. The maximum atomic E-state index is 12.1. The van der Waals surface area contributed by atoms with Crippen molar-refractivity contribution in [2.75, 3.05) is 7.11 Å². The zero-order valence-electron chi connectivity index (χ0n) is 16.5. The molecule has 3 aromatic rings. The molecule has 0 aliphatic carbocycles. The van der Waals surface area contributed by atoms with Crippen LogP contribution in [-0.2, 0) is 17.6 Å². The molecule has 0 fully saturated rings. The first-order valence-corrected chi connectivity index (χ1v) is 9.56. The Morgan fingerprint density at radius 2 is 1.67 bits per heavy atom. The molecule has 3 aromatic carbocycles. The predicted octanol–water partition coefficient (Wildman–Crippen LogP) is 5.13. The van der Waals surface area contributed by atoms with Gasteiger partial charge in [-0.2, -0.15) is 0 Å². The fourth-order valence-corrected chi connectivity index (χ4v) is 3.35. The zero-order chi connectivity index (χ0) is 21.8. The van der Waals surface area contributed by atoms with Crippen LogP contribution in [0.3, 0.4) is 0 Å². The smallest absolute Gasteiger partial charge is 0.341 e. The van der Waals surface area contributed by atoms with Gasteiger partial charge in [0.25, 0.3) is 0 Å². The van der Waals surface area contributed by atoms with Crippen molar-refractivity contribution in [1.29, 1.82) is 0 Å². The Bertz CT molecular complexity index is 1080. The van der Waals surface area contributed by atoms with Gasteiger partial charge < -0.3 is 24.8 Å². The van der Waals surface area contributed by atoms with E-state index in [1.807, 2.05) is 31.2 Å². The normalized spacial score (nSPS) is 10.6. The van der Waals surface area contributed by atoms with Gasteiger partial charge in [-0.3, -0.25) is 0 Å². The highest BCUT2D eigenvalue weighted by molar-refractivity contribution is 6.33. The fraction of sp³-hybridized carbons (Fsp3) is 0.174. The van der Waals surface area contributed by atoms with Gasteiger partial charge in [0.05, 0.1) is 12.1 Å². The summed E-state index contributed by atoms with van der Waals surface area (Å²) in [6.07, 6.45) is 0.487. The maximum Gasteiger partial charge on any atom is 0.341 e. The SMILES string of the molecule is COC(=O)c1c(O)cc(O)c(Cl)c1CCc1cc(O)ccc1Oc1ccc(C)cc1. The van der Waals surface area contributed by atoms with Crippen LogP contribution in [0, 0.1) is 6.92 Å². The van der Waals surface area contributed by atoms with Crippen molar-refractivity contribution in [3.05, 3.63) is 75.8 Å². The second-order valence-electron chi connectivity index (χ2n) is 6.78. The topological polar surface area (TPSA) is 96.2 Å². The van der Waals surface area contributed by atoms with Gasteiger partial charge in [-0.25, -0.2) is 4.79 Å². The number of hydrogen-bond donors (Lipinski definition) is 3. The standard InChI is InChI=1S/C23H21ClO6/c1-13-3-7-16(8-4-13)30-20-10-6-15(25)11-14(20)5-9-17-21(23(28)29-2)18(26)12-19(27)22(17)24/h3-4,6-8,10-12,25-27H,5,9H2,1-2H3. The molecule has 0 saturated carbocycles. The molecule has 0 amide bonds. The second-order valence-corrected chi connectivity index (χ2v) is 7.16. The van der Waals surface area contributed by atoms with Gasteiger partial charge in [-0.05, 0) is 61.2 Å². The van der Waals surface area contributed by atoms with Crippen LogP contribution in [0.5, 0.6) is 28.7 Å².